The highest BCUT2D eigenvalue weighted by Crippen LogP contribution is 2.35. The Morgan fingerprint density at radius 1 is 1.25 bits per heavy atom. The Kier molecular flexibility index (Phi) is 6.51. The van der Waals surface area contributed by atoms with Crippen molar-refractivity contribution in [2.45, 2.75) is 62.1 Å². The van der Waals surface area contributed by atoms with Crippen LogP contribution in [-0.2, 0) is 4.74 Å². The molecule has 1 aromatic rings. The van der Waals surface area contributed by atoms with E-state index in [0.717, 1.165) is 30.6 Å². The number of ether oxygens (including phenoxy) is 1. The van der Waals surface area contributed by atoms with Gasteiger partial charge in [-0.3, -0.25) is 15.0 Å². The average Bonchev–Trinajstić information content (AvgIpc) is 2.72. The first kappa shape index (κ1) is 20.5. The lowest BCUT2D eigenvalue weighted by molar-refractivity contribution is -0.586. The molecule has 3 rings (SSSR count). The normalized spacial score (nSPS) is 30.8. The Labute approximate surface area is 164 Å². The van der Waals surface area contributed by atoms with Crippen molar-refractivity contribution in [3.63, 3.8) is 0 Å². The van der Waals surface area contributed by atoms with Crippen LogP contribution >= 0.6 is 0 Å². The van der Waals surface area contributed by atoms with Gasteiger partial charge >= 0.3 is 6.09 Å². The number of nitrogens with zero attached hydrogens (tertiary/aromatic N) is 2. The van der Waals surface area contributed by atoms with Crippen LogP contribution in [0.1, 0.15) is 50.0 Å². The van der Waals surface area contributed by atoms with Gasteiger partial charge in [-0.1, -0.05) is 30.3 Å². The fourth-order valence-corrected chi connectivity index (χ4v) is 4.61. The van der Waals surface area contributed by atoms with Crippen molar-refractivity contribution in [3.8, 4) is 0 Å². The van der Waals surface area contributed by atoms with Gasteiger partial charge in [0.15, 0.2) is 0 Å². The van der Waals surface area contributed by atoms with Crippen molar-refractivity contribution in [2.75, 3.05) is 19.8 Å². The number of aliphatic hydroxyl groups is 1. The average molecular weight is 392 g/mol. The quantitative estimate of drug-likeness (QED) is 0.568. The Hall–Kier alpha value is -2.19. The van der Waals surface area contributed by atoms with Gasteiger partial charge in [-0.2, -0.15) is 0 Å². The van der Waals surface area contributed by atoms with Gasteiger partial charge in [-0.15, -0.1) is 0 Å². The van der Waals surface area contributed by atoms with Crippen molar-refractivity contribution >= 4 is 6.09 Å². The van der Waals surface area contributed by atoms with Crippen molar-refractivity contribution < 1.29 is 24.7 Å². The van der Waals surface area contributed by atoms with Gasteiger partial charge in [0, 0.05) is 17.9 Å². The third-order valence-corrected chi connectivity index (χ3v) is 6.32. The SMILES string of the molecule is O=C(O)N1CCCC(CO)([N+](=O)[O-])C1COC1CCC(c2ccccc2)CC1. The van der Waals surface area contributed by atoms with E-state index in [-0.39, 0.29) is 25.7 Å². The summed E-state index contributed by atoms with van der Waals surface area (Å²) in [5, 5.41) is 31.0. The molecule has 0 aromatic heterocycles. The summed E-state index contributed by atoms with van der Waals surface area (Å²) in [5.74, 6) is 0.488. The van der Waals surface area contributed by atoms with Crippen molar-refractivity contribution in [1.82, 2.24) is 4.90 Å². The van der Waals surface area contributed by atoms with Gasteiger partial charge < -0.3 is 14.9 Å². The van der Waals surface area contributed by atoms with Crippen LogP contribution in [0.2, 0.25) is 0 Å². The lowest BCUT2D eigenvalue weighted by Gasteiger charge is -2.42. The zero-order valence-corrected chi connectivity index (χ0v) is 15.9. The van der Waals surface area contributed by atoms with E-state index in [0.29, 0.717) is 12.3 Å². The van der Waals surface area contributed by atoms with Crippen LogP contribution in [0.3, 0.4) is 0 Å². The number of aliphatic hydroxyl groups excluding tert-OH is 1. The number of hydrogen-bond acceptors (Lipinski definition) is 5. The molecule has 1 saturated heterocycles. The molecule has 0 radical (unpaired) electrons. The molecule has 8 heteroatoms. The van der Waals surface area contributed by atoms with Gasteiger partial charge in [-0.25, -0.2) is 4.79 Å². The van der Waals surface area contributed by atoms with Crippen molar-refractivity contribution in [3.05, 3.63) is 46.0 Å². The van der Waals surface area contributed by atoms with Crippen LogP contribution in [0.5, 0.6) is 0 Å². The molecule has 2 fully saturated rings. The highest BCUT2D eigenvalue weighted by molar-refractivity contribution is 5.66. The number of hydrogen-bond donors (Lipinski definition) is 2. The maximum Gasteiger partial charge on any atom is 0.407 e. The minimum absolute atomic E-state index is 0.0410. The number of likely N-dealkylation sites (tertiary alicyclic amines) is 1. The smallest absolute Gasteiger partial charge is 0.407 e. The molecule has 2 N–H and O–H groups in total. The summed E-state index contributed by atoms with van der Waals surface area (Å²) in [5.41, 5.74) is -0.379. The minimum Gasteiger partial charge on any atom is -0.465 e. The number of benzene rings is 1. The van der Waals surface area contributed by atoms with E-state index in [1.807, 2.05) is 18.2 Å². The molecule has 1 aliphatic heterocycles. The first-order chi connectivity index (χ1) is 13.5. The molecule has 1 saturated carbocycles. The van der Waals surface area contributed by atoms with E-state index in [9.17, 15) is 25.1 Å². The van der Waals surface area contributed by atoms with Crippen LogP contribution in [0.15, 0.2) is 30.3 Å². The lowest BCUT2D eigenvalue weighted by atomic mass is 9.81. The van der Waals surface area contributed by atoms with Gasteiger partial charge in [0.2, 0.25) is 0 Å². The second-order valence-electron chi connectivity index (χ2n) is 7.83. The first-order valence-electron chi connectivity index (χ1n) is 9.89. The molecule has 28 heavy (non-hydrogen) atoms. The summed E-state index contributed by atoms with van der Waals surface area (Å²) < 4.78 is 5.97. The van der Waals surface area contributed by atoms with E-state index in [1.54, 1.807) is 0 Å². The third-order valence-electron chi connectivity index (χ3n) is 6.32. The summed E-state index contributed by atoms with van der Waals surface area (Å²) in [7, 11) is 0. The fraction of sp³-hybridized carbons (Fsp3) is 0.650. The van der Waals surface area contributed by atoms with Crippen LogP contribution < -0.4 is 0 Å². The molecule has 2 aliphatic rings. The largest absolute Gasteiger partial charge is 0.465 e. The molecule has 0 bridgehead atoms. The molecule has 1 amide bonds. The third kappa shape index (κ3) is 4.12. The first-order valence-corrected chi connectivity index (χ1v) is 9.89. The van der Waals surface area contributed by atoms with E-state index in [4.69, 9.17) is 4.74 Å². The zero-order chi connectivity index (χ0) is 20.1. The Morgan fingerprint density at radius 2 is 1.93 bits per heavy atom. The van der Waals surface area contributed by atoms with Gasteiger partial charge in [0.1, 0.15) is 12.6 Å². The molecule has 8 nitrogen and oxygen atoms in total. The van der Waals surface area contributed by atoms with E-state index in [1.165, 1.54) is 5.56 Å². The second-order valence-corrected chi connectivity index (χ2v) is 7.83. The van der Waals surface area contributed by atoms with Crippen molar-refractivity contribution in [1.29, 1.82) is 0 Å². The predicted octanol–water partition coefficient (Wildman–Crippen LogP) is 2.88. The van der Waals surface area contributed by atoms with E-state index >= 15 is 0 Å². The maximum atomic E-state index is 11.7. The molecule has 1 aromatic carbocycles. The minimum atomic E-state index is -1.70. The highest BCUT2D eigenvalue weighted by Gasteiger charge is 2.56. The number of carboxylic acid groups (broad SMARTS) is 1. The van der Waals surface area contributed by atoms with Crippen LogP contribution in [0, 0.1) is 10.1 Å². The summed E-state index contributed by atoms with van der Waals surface area (Å²) in [4.78, 5) is 23.9. The molecule has 2 unspecified atom stereocenters. The highest BCUT2D eigenvalue weighted by atomic mass is 16.6. The van der Waals surface area contributed by atoms with Gasteiger partial charge in [0.05, 0.1) is 12.7 Å². The molecule has 1 aliphatic carbocycles. The van der Waals surface area contributed by atoms with Crippen LogP contribution in [0.25, 0.3) is 0 Å². The van der Waals surface area contributed by atoms with Gasteiger partial charge in [-0.05, 0) is 43.6 Å². The second kappa shape index (κ2) is 8.87. The topological polar surface area (TPSA) is 113 Å². The molecule has 154 valence electrons. The number of piperidine rings is 1. The number of carbonyl (C=O) groups is 1. The van der Waals surface area contributed by atoms with Crippen LogP contribution in [0.4, 0.5) is 4.79 Å². The summed E-state index contributed by atoms with van der Waals surface area (Å²) in [6, 6.07) is 9.35. The molecule has 1 heterocycles. The van der Waals surface area contributed by atoms with Crippen LogP contribution in [-0.4, -0.2) is 63.6 Å². The maximum absolute atomic E-state index is 11.7. The predicted molar refractivity (Wildman–Crippen MR) is 102 cm³/mol. The van der Waals surface area contributed by atoms with E-state index in [2.05, 4.69) is 12.1 Å². The molecule has 2 atom stereocenters. The number of amides is 1. The summed E-state index contributed by atoms with van der Waals surface area (Å²) in [6.45, 7) is -0.535. The Balaban J connectivity index is 1.62. The van der Waals surface area contributed by atoms with E-state index < -0.39 is 29.2 Å². The summed E-state index contributed by atoms with van der Waals surface area (Å²) >= 11 is 0. The Bertz CT molecular complexity index is 677. The summed E-state index contributed by atoms with van der Waals surface area (Å²) in [6.07, 6.45) is 2.88. The van der Waals surface area contributed by atoms with Gasteiger partial charge in [0.25, 0.3) is 5.54 Å². The lowest BCUT2D eigenvalue weighted by Crippen LogP contribution is -2.65. The molecule has 0 spiro atoms. The number of nitro groups is 1. The Morgan fingerprint density at radius 3 is 2.50 bits per heavy atom. The molecular weight excluding hydrogens is 364 g/mol. The molecular formula is C20H28N2O6. The van der Waals surface area contributed by atoms with Crippen molar-refractivity contribution in [2.24, 2.45) is 0 Å². The zero-order valence-electron chi connectivity index (χ0n) is 15.9. The number of rotatable bonds is 6. The standard InChI is InChI=1S/C20H28N2O6/c23-14-20(22(26)27)11-4-12-21(19(24)25)18(20)13-28-17-9-7-16(8-10-17)15-5-2-1-3-6-15/h1-3,5-6,16-18,23H,4,7-14H2,(H,24,25). The fourth-order valence-electron chi connectivity index (χ4n) is 4.61. The monoisotopic (exact) mass is 392 g/mol.